The quantitative estimate of drug-likeness (QED) is 0.898. The molecule has 2 heterocycles. The van der Waals surface area contributed by atoms with Crippen LogP contribution in [-0.4, -0.2) is 52.7 Å². The highest BCUT2D eigenvalue weighted by atomic mass is 16.5. The van der Waals surface area contributed by atoms with Gasteiger partial charge in [0.2, 0.25) is 0 Å². The zero-order valence-corrected chi connectivity index (χ0v) is 12.1. The van der Waals surface area contributed by atoms with Crippen molar-refractivity contribution < 1.29 is 4.74 Å². The third-order valence-corrected chi connectivity index (χ3v) is 4.78. The normalized spacial score (nSPS) is 23.8. The minimum Gasteiger partial charge on any atom is -0.381 e. The Hall–Kier alpha value is -1.14. The van der Waals surface area contributed by atoms with Gasteiger partial charge in [-0.05, 0) is 19.3 Å². The molecule has 0 aromatic carbocycles. The lowest BCUT2D eigenvalue weighted by Gasteiger charge is -2.39. The number of morpholine rings is 1. The molecule has 0 unspecified atom stereocenters. The summed E-state index contributed by atoms with van der Waals surface area (Å²) in [7, 11) is 0. The van der Waals surface area contributed by atoms with E-state index in [4.69, 9.17) is 10.5 Å². The molecule has 20 heavy (non-hydrogen) atoms. The lowest BCUT2D eigenvalue weighted by Crippen LogP contribution is -2.43. The average Bonchev–Trinajstić information content (AvgIpc) is 2.94. The first-order valence-electron chi connectivity index (χ1n) is 7.77. The van der Waals surface area contributed by atoms with Crippen molar-refractivity contribution in [2.75, 3.05) is 38.6 Å². The minimum absolute atomic E-state index is 0.126. The summed E-state index contributed by atoms with van der Waals surface area (Å²) in [4.78, 5) is 2.50. The van der Waals surface area contributed by atoms with E-state index in [-0.39, 0.29) is 5.54 Å². The number of nitrogens with zero attached hydrogens (tertiary/aromatic N) is 4. The first-order valence-corrected chi connectivity index (χ1v) is 7.77. The van der Waals surface area contributed by atoms with Crippen LogP contribution in [0.25, 0.3) is 0 Å². The lowest BCUT2D eigenvalue weighted by molar-refractivity contribution is 0.0273. The van der Waals surface area contributed by atoms with E-state index < -0.39 is 0 Å². The molecule has 1 aromatic heterocycles. The first kappa shape index (κ1) is 13.8. The molecule has 1 saturated carbocycles. The number of hydrogen-bond acceptors (Lipinski definition) is 5. The van der Waals surface area contributed by atoms with Gasteiger partial charge in [-0.2, -0.15) is 0 Å². The Kier molecular flexibility index (Phi) is 4.21. The zero-order valence-electron chi connectivity index (χ0n) is 12.1. The highest BCUT2D eigenvalue weighted by Gasteiger charge is 2.35. The van der Waals surface area contributed by atoms with Gasteiger partial charge in [-0.25, -0.2) is 4.68 Å². The molecule has 3 rings (SSSR count). The van der Waals surface area contributed by atoms with Crippen molar-refractivity contribution in [3.63, 3.8) is 0 Å². The monoisotopic (exact) mass is 279 g/mol. The van der Waals surface area contributed by atoms with E-state index in [1.165, 1.54) is 32.1 Å². The summed E-state index contributed by atoms with van der Waals surface area (Å²) in [6.07, 6.45) is 9.33. The molecule has 1 aliphatic carbocycles. The van der Waals surface area contributed by atoms with Crippen molar-refractivity contribution in [1.29, 1.82) is 0 Å². The molecule has 6 nitrogen and oxygen atoms in total. The number of nitrogen functional groups attached to an aromatic ring is 1. The van der Waals surface area contributed by atoms with Crippen LogP contribution in [0.5, 0.6) is 0 Å². The molecule has 0 spiro atoms. The van der Waals surface area contributed by atoms with E-state index in [0.717, 1.165) is 39.3 Å². The second-order valence-electron chi connectivity index (χ2n) is 6.08. The molecule has 1 saturated heterocycles. The average molecular weight is 279 g/mol. The van der Waals surface area contributed by atoms with E-state index in [0.29, 0.717) is 5.82 Å². The van der Waals surface area contributed by atoms with Gasteiger partial charge in [-0.3, -0.25) is 4.90 Å². The van der Waals surface area contributed by atoms with Crippen LogP contribution in [-0.2, 0) is 10.3 Å². The predicted octanol–water partition coefficient (Wildman–Crippen LogP) is 1.24. The topological polar surface area (TPSA) is 69.2 Å². The lowest BCUT2D eigenvalue weighted by atomic mass is 9.79. The molecular formula is C14H25N5O. The van der Waals surface area contributed by atoms with E-state index >= 15 is 0 Å². The molecule has 0 bridgehead atoms. The van der Waals surface area contributed by atoms with E-state index in [1.54, 1.807) is 0 Å². The van der Waals surface area contributed by atoms with E-state index in [2.05, 4.69) is 15.2 Å². The summed E-state index contributed by atoms with van der Waals surface area (Å²) in [5, 5.41) is 8.26. The smallest absolute Gasteiger partial charge is 0.165 e. The molecule has 1 aliphatic heterocycles. The molecule has 6 heteroatoms. The molecule has 2 fully saturated rings. The summed E-state index contributed by atoms with van der Waals surface area (Å²) in [5.41, 5.74) is 5.89. The fraction of sp³-hybridized carbons (Fsp3) is 0.857. The Bertz CT molecular complexity index is 421. The second-order valence-corrected chi connectivity index (χ2v) is 6.08. The Morgan fingerprint density at radius 1 is 1.20 bits per heavy atom. The number of anilines is 1. The van der Waals surface area contributed by atoms with Crippen LogP contribution in [0.3, 0.4) is 0 Å². The second kappa shape index (κ2) is 6.10. The minimum atomic E-state index is 0.126. The molecule has 0 radical (unpaired) electrons. The van der Waals surface area contributed by atoms with Crippen LogP contribution in [0.15, 0.2) is 6.20 Å². The largest absolute Gasteiger partial charge is 0.381 e. The van der Waals surface area contributed by atoms with Gasteiger partial charge in [0, 0.05) is 19.6 Å². The summed E-state index contributed by atoms with van der Waals surface area (Å²) < 4.78 is 7.46. The highest BCUT2D eigenvalue weighted by Crippen LogP contribution is 2.37. The zero-order chi connectivity index (χ0) is 13.8. The number of aromatic nitrogens is 3. The number of nitrogens with two attached hydrogens (primary N) is 1. The van der Waals surface area contributed by atoms with Crippen LogP contribution in [0.4, 0.5) is 5.82 Å². The van der Waals surface area contributed by atoms with Gasteiger partial charge in [-0.1, -0.05) is 24.5 Å². The molecule has 0 atom stereocenters. The van der Waals surface area contributed by atoms with Crippen LogP contribution in [0.1, 0.15) is 38.5 Å². The van der Waals surface area contributed by atoms with Crippen LogP contribution in [0, 0.1) is 0 Å². The molecule has 112 valence electrons. The SMILES string of the molecule is Nc1cn(C2(CCN3CCOCC3)CCCCC2)nn1. The summed E-state index contributed by atoms with van der Waals surface area (Å²) in [6.45, 7) is 4.95. The van der Waals surface area contributed by atoms with Gasteiger partial charge in [0.05, 0.1) is 24.9 Å². The predicted molar refractivity (Wildman–Crippen MR) is 77.4 cm³/mol. The third-order valence-electron chi connectivity index (χ3n) is 4.78. The van der Waals surface area contributed by atoms with Crippen molar-refractivity contribution in [2.24, 2.45) is 0 Å². The number of hydrogen-bond donors (Lipinski definition) is 1. The van der Waals surface area contributed by atoms with Crippen molar-refractivity contribution in [2.45, 2.75) is 44.1 Å². The maximum absolute atomic E-state index is 5.76. The van der Waals surface area contributed by atoms with Gasteiger partial charge in [0.15, 0.2) is 5.82 Å². The standard InChI is InChI=1S/C14H25N5O/c15-13-12-19(17-16-13)14(4-2-1-3-5-14)6-7-18-8-10-20-11-9-18/h12H,1-11,15H2. The Morgan fingerprint density at radius 2 is 1.95 bits per heavy atom. The van der Waals surface area contributed by atoms with Crippen molar-refractivity contribution >= 4 is 5.82 Å². The molecule has 1 aromatic rings. The Morgan fingerprint density at radius 3 is 2.60 bits per heavy atom. The van der Waals surface area contributed by atoms with Crippen LogP contribution >= 0.6 is 0 Å². The van der Waals surface area contributed by atoms with Gasteiger partial charge in [-0.15, -0.1) is 5.10 Å². The molecule has 2 aliphatic rings. The molecule has 2 N–H and O–H groups in total. The fourth-order valence-electron chi connectivity index (χ4n) is 3.50. The van der Waals surface area contributed by atoms with Crippen LogP contribution < -0.4 is 5.73 Å². The van der Waals surface area contributed by atoms with E-state index in [1.807, 2.05) is 10.9 Å². The van der Waals surface area contributed by atoms with Crippen molar-refractivity contribution in [3.05, 3.63) is 6.20 Å². The van der Waals surface area contributed by atoms with Crippen LogP contribution in [0.2, 0.25) is 0 Å². The maximum Gasteiger partial charge on any atom is 0.165 e. The van der Waals surface area contributed by atoms with E-state index in [9.17, 15) is 0 Å². The Labute approximate surface area is 120 Å². The summed E-state index contributed by atoms with van der Waals surface area (Å²) in [6, 6.07) is 0. The van der Waals surface area contributed by atoms with Crippen molar-refractivity contribution in [3.8, 4) is 0 Å². The van der Waals surface area contributed by atoms with Crippen molar-refractivity contribution in [1.82, 2.24) is 19.9 Å². The summed E-state index contributed by atoms with van der Waals surface area (Å²) >= 11 is 0. The highest BCUT2D eigenvalue weighted by molar-refractivity contribution is 5.21. The third kappa shape index (κ3) is 2.96. The van der Waals surface area contributed by atoms with Gasteiger partial charge >= 0.3 is 0 Å². The van der Waals surface area contributed by atoms with Gasteiger partial charge < -0.3 is 10.5 Å². The molecular weight excluding hydrogens is 254 g/mol. The maximum atomic E-state index is 5.76. The summed E-state index contributed by atoms with van der Waals surface area (Å²) in [5.74, 6) is 0.529. The first-order chi connectivity index (χ1) is 9.78. The van der Waals surface area contributed by atoms with Gasteiger partial charge in [0.1, 0.15) is 0 Å². The molecule has 0 amide bonds. The number of ether oxygens (including phenoxy) is 1. The Balaban J connectivity index is 1.69. The number of rotatable bonds is 4. The fourth-order valence-corrected chi connectivity index (χ4v) is 3.50. The van der Waals surface area contributed by atoms with Gasteiger partial charge in [0.25, 0.3) is 0 Å².